The summed E-state index contributed by atoms with van der Waals surface area (Å²) >= 11 is 0. The Kier molecular flexibility index (Phi) is 4.71. The molecule has 0 saturated heterocycles. The van der Waals surface area contributed by atoms with Crippen LogP contribution in [0.1, 0.15) is 29.4 Å². The summed E-state index contributed by atoms with van der Waals surface area (Å²) in [6.07, 6.45) is 8.20. The van der Waals surface area contributed by atoms with Crippen molar-refractivity contribution in [2.75, 3.05) is 13.7 Å². The molecule has 3 heterocycles. The first-order chi connectivity index (χ1) is 13.2. The molecular weight excluding hydrogens is 340 g/mol. The van der Waals surface area contributed by atoms with Crippen LogP contribution in [-0.4, -0.2) is 33.7 Å². The topological polar surface area (TPSA) is 70.0 Å². The fourth-order valence-electron chi connectivity index (χ4n) is 3.19. The highest BCUT2D eigenvalue weighted by Gasteiger charge is 2.40. The van der Waals surface area contributed by atoms with Crippen LogP contribution in [0.2, 0.25) is 0 Å². The Labute approximate surface area is 158 Å². The Morgan fingerprint density at radius 1 is 1.04 bits per heavy atom. The molecule has 1 aliphatic rings. The van der Waals surface area contributed by atoms with Gasteiger partial charge in [0.15, 0.2) is 0 Å². The van der Waals surface area contributed by atoms with Crippen molar-refractivity contribution in [2.24, 2.45) is 5.92 Å². The summed E-state index contributed by atoms with van der Waals surface area (Å²) in [6, 6.07) is 6.11. The fourth-order valence-corrected chi connectivity index (χ4v) is 3.19. The lowest BCUT2D eigenvalue weighted by atomic mass is 10.1. The van der Waals surface area contributed by atoms with Crippen LogP contribution < -0.4 is 9.47 Å². The van der Waals surface area contributed by atoms with E-state index in [4.69, 9.17) is 9.47 Å². The highest BCUT2D eigenvalue weighted by molar-refractivity contribution is 5.73. The second-order valence-corrected chi connectivity index (χ2v) is 6.89. The Morgan fingerprint density at radius 2 is 1.93 bits per heavy atom. The molecule has 1 saturated carbocycles. The highest BCUT2D eigenvalue weighted by atomic mass is 16.5. The predicted octanol–water partition coefficient (Wildman–Crippen LogP) is 3.74. The zero-order valence-corrected chi connectivity index (χ0v) is 15.7. The van der Waals surface area contributed by atoms with Crippen LogP contribution in [0.4, 0.5) is 0 Å². The van der Waals surface area contributed by atoms with Crippen LogP contribution in [-0.2, 0) is 0 Å². The smallest absolute Gasteiger partial charge is 0.224 e. The maximum absolute atomic E-state index is 6.12. The molecule has 27 heavy (non-hydrogen) atoms. The van der Waals surface area contributed by atoms with Gasteiger partial charge in [-0.05, 0) is 38.0 Å². The van der Waals surface area contributed by atoms with Crippen LogP contribution in [0.15, 0.2) is 43.0 Å². The lowest BCUT2D eigenvalue weighted by molar-refractivity contribution is 0.285. The van der Waals surface area contributed by atoms with Crippen molar-refractivity contribution in [3.8, 4) is 22.8 Å². The largest absolute Gasteiger partial charge is 0.494 e. The Bertz CT molecular complexity index is 943. The van der Waals surface area contributed by atoms with Gasteiger partial charge in [-0.1, -0.05) is 6.07 Å². The van der Waals surface area contributed by atoms with E-state index in [1.54, 1.807) is 25.7 Å². The van der Waals surface area contributed by atoms with E-state index in [-0.39, 0.29) is 0 Å². The molecular formula is C21H22N4O2. The van der Waals surface area contributed by atoms with Crippen LogP contribution >= 0.6 is 0 Å². The second kappa shape index (κ2) is 7.31. The molecule has 6 heteroatoms. The zero-order valence-electron chi connectivity index (χ0n) is 15.7. The molecule has 3 aromatic heterocycles. The third-order valence-electron chi connectivity index (χ3n) is 4.84. The maximum Gasteiger partial charge on any atom is 0.224 e. The van der Waals surface area contributed by atoms with Crippen molar-refractivity contribution >= 4 is 0 Å². The summed E-state index contributed by atoms with van der Waals surface area (Å²) in [7, 11) is 1.62. The Balaban J connectivity index is 1.51. The molecule has 0 aliphatic heterocycles. The number of aryl methyl sites for hydroxylation is 2. The van der Waals surface area contributed by atoms with Crippen LogP contribution in [0.3, 0.4) is 0 Å². The van der Waals surface area contributed by atoms with Gasteiger partial charge in [0.2, 0.25) is 5.88 Å². The van der Waals surface area contributed by atoms with Gasteiger partial charge in [0.25, 0.3) is 0 Å². The number of methoxy groups -OCH3 is 1. The van der Waals surface area contributed by atoms with E-state index in [9.17, 15) is 0 Å². The highest BCUT2D eigenvalue weighted by Crippen LogP contribution is 2.47. The SMILES string of the molecule is COc1cnccc1-c1cnc(C)nc1OC[C@H]1C[C@@H]1c1ccc(C)cn1. The molecule has 6 nitrogen and oxygen atoms in total. The first kappa shape index (κ1) is 17.4. The van der Waals surface area contributed by atoms with Crippen LogP contribution in [0.5, 0.6) is 11.6 Å². The second-order valence-electron chi connectivity index (χ2n) is 6.89. The third kappa shape index (κ3) is 3.74. The van der Waals surface area contributed by atoms with Crippen molar-refractivity contribution in [2.45, 2.75) is 26.2 Å². The number of hydrogen-bond donors (Lipinski definition) is 0. The molecule has 2 atom stereocenters. The standard InChI is InChI=1S/C21H22N4O2/c1-13-4-5-19(24-9-13)17-8-15(17)12-27-21-18(10-23-14(2)25-21)16-6-7-22-11-20(16)26-3/h4-7,9-11,15,17H,8,12H2,1-3H3/t15-,17+/m1/s1. The molecule has 0 N–H and O–H groups in total. The summed E-state index contributed by atoms with van der Waals surface area (Å²) in [5.74, 6) is 2.85. The molecule has 3 aromatic rings. The fraction of sp³-hybridized carbons (Fsp3) is 0.333. The lowest BCUT2D eigenvalue weighted by Crippen LogP contribution is -2.06. The minimum absolute atomic E-state index is 0.461. The predicted molar refractivity (Wildman–Crippen MR) is 102 cm³/mol. The van der Waals surface area contributed by atoms with Gasteiger partial charge in [-0.3, -0.25) is 9.97 Å². The van der Waals surface area contributed by atoms with E-state index < -0.39 is 0 Å². The number of aromatic nitrogens is 4. The lowest BCUT2D eigenvalue weighted by Gasteiger charge is -2.13. The number of ether oxygens (including phenoxy) is 2. The first-order valence-electron chi connectivity index (χ1n) is 9.03. The quantitative estimate of drug-likeness (QED) is 0.665. The van der Waals surface area contributed by atoms with Crippen molar-refractivity contribution in [1.82, 2.24) is 19.9 Å². The number of pyridine rings is 2. The first-order valence-corrected chi connectivity index (χ1v) is 9.03. The van der Waals surface area contributed by atoms with Gasteiger partial charge in [-0.15, -0.1) is 0 Å². The van der Waals surface area contributed by atoms with E-state index >= 15 is 0 Å². The van der Waals surface area contributed by atoms with Crippen LogP contribution in [0, 0.1) is 19.8 Å². The summed E-state index contributed by atoms with van der Waals surface area (Å²) in [4.78, 5) is 17.5. The number of nitrogens with zero attached hydrogens (tertiary/aromatic N) is 4. The molecule has 1 aliphatic carbocycles. The average Bonchev–Trinajstić information content (AvgIpc) is 3.47. The van der Waals surface area contributed by atoms with Gasteiger partial charge in [0.05, 0.1) is 25.5 Å². The third-order valence-corrected chi connectivity index (χ3v) is 4.84. The molecule has 0 unspecified atom stereocenters. The maximum atomic E-state index is 6.12. The minimum Gasteiger partial charge on any atom is -0.494 e. The summed E-state index contributed by atoms with van der Waals surface area (Å²) < 4.78 is 11.5. The molecule has 0 bridgehead atoms. The molecule has 4 rings (SSSR count). The van der Waals surface area contributed by atoms with E-state index in [0.717, 1.165) is 23.2 Å². The normalized spacial score (nSPS) is 18.2. The van der Waals surface area contributed by atoms with Crippen LogP contribution in [0.25, 0.3) is 11.1 Å². The van der Waals surface area contributed by atoms with E-state index in [0.29, 0.717) is 35.9 Å². The molecule has 0 radical (unpaired) electrons. The van der Waals surface area contributed by atoms with Crippen molar-refractivity contribution in [1.29, 1.82) is 0 Å². The molecule has 138 valence electrons. The van der Waals surface area contributed by atoms with Gasteiger partial charge < -0.3 is 9.47 Å². The van der Waals surface area contributed by atoms with E-state index in [2.05, 4.69) is 39.0 Å². The van der Waals surface area contributed by atoms with Crippen molar-refractivity contribution in [3.63, 3.8) is 0 Å². The van der Waals surface area contributed by atoms with Gasteiger partial charge in [-0.25, -0.2) is 4.98 Å². The minimum atomic E-state index is 0.461. The summed E-state index contributed by atoms with van der Waals surface area (Å²) in [5, 5.41) is 0. The van der Waals surface area contributed by atoms with E-state index in [1.165, 1.54) is 5.56 Å². The Morgan fingerprint density at radius 3 is 2.70 bits per heavy atom. The number of rotatable bonds is 6. The molecule has 1 fully saturated rings. The number of hydrogen-bond acceptors (Lipinski definition) is 6. The summed E-state index contributed by atoms with van der Waals surface area (Å²) in [5.41, 5.74) is 4.00. The van der Waals surface area contributed by atoms with Crippen molar-refractivity contribution < 1.29 is 9.47 Å². The van der Waals surface area contributed by atoms with Gasteiger partial charge >= 0.3 is 0 Å². The van der Waals surface area contributed by atoms with Gasteiger partial charge in [0, 0.05) is 41.7 Å². The van der Waals surface area contributed by atoms with Gasteiger partial charge in [0.1, 0.15) is 11.6 Å². The van der Waals surface area contributed by atoms with Gasteiger partial charge in [-0.2, -0.15) is 4.98 Å². The summed E-state index contributed by atoms with van der Waals surface area (Å²) in [6.45, 7) is 4.52. The van der Waals surface area contributed by atoms with Crippen molar-refractivity contribution in [3.05, 3.63) is 60.1 Å². The molecule has 0 amide bonds. The molecule has 0 spiro atoms. The molecule has 0 aromatic carbocycles. The monoisotopic (exact) mass is 362 g/mol. The zero-order chi connectivity index (χ0) is 18.8. The van der Waals surface area contributed by atoms with E-state index in [1.807, 2.05) is 19.2 Å². The average molecular weight is 362 g/mol. The Hall–Kier alpha value is -3.02.